The third-order valence-corrected chi connectivity index (χ3v) is 4.90. The quantitative estimate of drug-likeness (QED) is 0.352. The molecular formula is C20H36N2O5. The summed E-state index contributed by atoms with van der Waals surface area (Å²) in [7, 11) is 0. The topological polar surface area (TPSA) is 108 Å². The van der Waals surface area contributed by atoms with Crippen LogP contribution in [0.2, 0.25) is 0 Å². The zero-order valence-electron chi connectivity index (χ0n) is 17.1. The van der Waals surface area contributed by atoms with Crippen LogP contribution in [-0.2, 0) is 23.9 Å². The molecule has 0 saturated carbocycles. The van der Waals surface area contributed by atoms with Crippen LogP contribution < -0.4 is 11.1 Å². The van der Waals surface area contributed by atoms with Gasteiger partial charge >= 0.3 is 11.9 Å². The predicted molar refractivity (Wildman–Crippen MR) is 103 cm³/mol. The average Bonchev–Trinajstić information content (AvgIpc) is 2.85. The summed E-state index contributed by atoms with van der Waals surface area (Å²) in [6.07, 6.45) is 8.41. The number of carbonyl (C=O) groups excluding carboxylic acids is 3. The molecule has 7 heteroatoms. The fraction of sp³-hybridized carbons (Fsp3) is 0.850. The maximum Gasteiger partial charge on any atom is 0.348 e. The van der Waals surface area contributed by atoms with Gasteiger partial charge in [0.2, 0.25) is 12.0 Å². The molecule has 1 saturated heterocycles. The fourth-order valence-electron chi connectivity index (χ4n) is 3.04. The van der Waals surface area contributed by atoms with Crippen LogP contribution in [0.25, 0.3) is 0 Å². The number of unbranched alkanes of at least 4 members (excludes halogenated alkanes) is 7. The van der Waals surface area contributed by atoms with Crippen LogP contribution in [0, 0.1) is 5.41 Å². The number of esters is 2. The normalized spacial score (nSPS) is 19.5. The molecule has 156 valence electrons. The van der Waals surface area contributed by atoms with Gasteiger partial charge in [-0.05, 0) is 26.3 Å². The van der Waals surface area contributed by atoms with Crippen molar-refractivity contribution < 1.29 is 23.9 Å². The Morgan fingerprint density at radius 2 is 1.70 bits per heavy atom. The van der Waals surface area contributed by atoms with Gasteiger partial charge in [0.25, 0.3) is 0 Å². The van der Waals surface area contributed by atoms with E-state index in [0.29, 0.717) is 6.42 Å². The second-order valence-corrected chi connectivity index (χ2v) is 8.13. The van der Waals surface area contributed by atoms with Crippen molar-refractivity contribution in [2.45, 2.75) is 90.7 Å². The molecule has 1 aliphatic heterocycles. The van der Waals surface area contributed by atoms with Crippen LogP contribution in [0.3, 0.4) is 0 Å². The third kappa shape index (κ3) is 9.22. The molecule has 1 aliphatic rings. The monoisotopic (exact) mass is 384 g/mol. The van der Waals surface area contributed by atoms with Crippen LogP contribution in [0.5, 0.6) is 0 Å². The van der Waals surface area contributed by atoms with E-state index in [1.165, 1.54) is 19.3 Å². The van der Waals surface area contributed by atoms with Gasteiger partial charge in [-0.1, -0.05) is 52.4 Å². The molecule has 0 radical (unpaired) electrons. The Morgan fingerprint density at radius 3 is 2.22 bits per heavy atom. The van der Waals surface area contributed by atoms with E-state index >= 15 is 0 Å². The fourth-order valence-corrected chi connectivity index (χ4v) is 3.04. The van der Waals surface area contributed by atoms with Crippen LogP contribution in [0.4, 0.5) is 0 Å². The molecule has 3 N–H and O–H groups in total. The lowest BCUT2D eigenvalue weighted by Crippen LogP contribution is -2.42. The van der Waals surface area contributed by atoms with Crippen molar-refractivity contribution in [3.05, 3.63) is 0 Å². The number of rotatable bonds is 14. The number of nitrogens with one attached hydrogen (secondary N) is 1. The van der Waals surface area contributed by atoms with Gasteiger partial charge in [-0.25, -0.2) is 4.79 Å². The van der Waals surface area contributed by atoms with Crippen LogP contribution >= 0.6 is 0 Å². The van der Waals surface area contributed by atoms with Crippen molar-refractivity contribution in [2.24, 2.45) is 11.1 Å². The number of cyclic esters (lactones) is 1. The van der Waals surface area contributed by atoms with Crippen molar-refractivity contribution in [1.82, 2.24) is 5.32 Å². The first-order valence-electron chi connectivity index (χ1n) is 10.1. The van der Waals surface area contributed by atoms with Crippen molar-refractivity contribution in [3.8, 4) is 0 Å². The number of amides is 1. The summed E-state index contributed by atoms with van der Waals surface area (Å²) >= 11 is 0. The van der Waals surface area contributed by atoms with E-state index in [2.05, 4.69) is 5.32 Å². The first-order valence-corrected chi connectivity index (χ1v) is 10.1. The molecular weight excluding hydrogens is 348 g/mol. The first kappa shape index (κ1) is 23.4. The van der Waals surface area contributed by atoms with Crippen LogP contribution in [0.1, 0.15) is 78.6 Å². The van der Waals surface area contributed by atoms with Gasteiger partial charge in [-0.15, -0.1) is 0 Å². The van der Waals surface area contributed by atoms with E-state index in [9.17, 15) is 14.4 Å². The van der Waals surface area contributed by atoms with Crippen molar-refractivity contribution >= 4 is 17.8 Å². The minimum Gasteiger partial charge on any atom is -0.462 e. The molecule has 0 aromatic rings. The highest BCUT2D eigenvalue weighted by Crippen LogP contribution is 2.31. The number of nitrogens with two attached hydrogens (primary N) is 1. The van der Waals surface area contributed by atoms with Gasteiger partial charge in [0.15, 0.2) is 0 Å². The van der Waals surface area contributed by atoms with Crippen molar-refractivity contribution in [3.63, 3.8) is 0 Å². The molecule has 7 nitrogen and oxygen atoms in total. The van der Waals surface area contributed by atoms with Gasteiger partial charge in [0.1, 0.15) is 12.6 Å². The van der Waals surface area contributed by atoms with E-state index in [-0.39, 0.29) is 12.5 Å². The molecule has 27 heavy (non-hydrogen) atoms. The summed E-state index contributed by atoms with van der Waals surface area (Å²) in [6.45, 7) is 6.48. The summed E-state index contributed by atoms with van der Waals surface area (Å²) < 4.78 is 10.3. The van der Waals surface area contributed by atoms with E-state index in [1.54, 1.807) is 6.92 Å². The van der Waals surface area contributed by atoms with Gasteiger partial charge < -0.3 is 20.5 Å². The second-order valence-electron chi connectivity index (χ2n) is 8.13. The Morgan fingerprint density at radius 1 is 1.15 bits per heavy atom. The van der Waals surface area contributed by atoms with Crippen LogP contribution in [-0.4, -0.2) is 43.1 Å². The first-order chi connectivity index (χ1) is 12.7. The molecule has 0 aromatic carbocycles. The van der Waals surface area contributed by atoms with E-state index in [4.69, 9.17) is 15.2 Å². The smallest absolute Gasteiger partial charge is 0.348 e. The van der Waals surface area contributed by atoms with E-state index < -0.39 is 29.5 Å². The van der Waals surface area contributed by atoms with E-state index in [1.807, 2.05) is 13.8 Å². The Bertz CT molecular complexity index is 493. The molecule has 0 unspecified atom stereocenters. The van der Waals surface area contributed by atoms with Crippen molar-refractivity contribution in [2.75, 3.05) is 13.2 Å². The molecule has 1 amide bonds. The standard InChI is InChI=1S/C20H36N2O5/c1-15(18(24)27-17-19(25)26-14-20(17,2)3)22-13-11-9-7-5-4-6-8-10-12-16(21)23/h15,17,22H,4-14H2,1-3H3,(H2,21,23)/t15-,17-/m0/s1. The summed E-state index contributed by atoms with van der Waals surface area (Å²) in [6, 6.07) is -0.445. The third-order valence-electron chi connectivity index (χ3n) is 4.90. The maximum absolute atomic E-state index is 12.1. The maximum atomic E-state index is 12.1. The number of hydrogen-bond acceptors (Lipinski definition) is 6. The Balaban J connectivity index is 2.02. The predicted octanol–water partition coefficient (Wildman–Crippen LogP) is 2.46. The molecule has 0 aromatic heterocycles. The zero-order chi connectivity index (χ0) is 20.3. The Hall–Kier alpha value is -1.63. The minimum absolute atomic E-state index is 0.215. The number of hydrogen-bond donors (Lipinski definition) is 2. The highest BCUT2D eigenvalue weighted by Gasteiger charge is 2.46. The lowest BCUT2D eigenvalue weighted by atomic mass is 9.90. The second kappa shape index (κ2) is 12.0. The SMILES string of the molecule is C[C@H](NCCCCCCCCCCC(N)=O)C(=O)O[C@H]1C(=O)OCC1(C)C. The summed E-state index contributed by atoms with van der Waals surface area (Å²) in [4.78, 5) is 34.4. The molecule has 0 spiro atoms. The summed E-state index contributed by atoms with van der Waals surface area (Å²) in [5.74, 6) is -1.09. The van der Waals surface area contributed by atoms with Gasteiger partial charge in [0, 0.05) is 11.8 Å². The lowest BCUT2D eigenvalue weighted by molar-refractivity contribution is -0.164. The Kier molecular flexibility index (Phi) is 10.4. The highest BCUT2D eigenvalue weighted by atomic mass is 16.6. The molecule has 1 rings (SSSR count). The van der Waals surface area contributed by atoms with Gasteiger partial charge in [-0.3, -0.25) is 9.59 Å². The number of ether oxygens (including phenoxy) is 2. The van der Waals surface area contributed by atoms with Crippen LogP contribution in [0.15, 0.2) is 0 Å². The molecule has 1 fully saturated rings. The number of carbonyl (C=O) groups is 3. The highest BCUT2D eigenvalue weighted by molar-refractivity contribution is 5.83. The lowest BCUT2D eigenvalue weighted by Gasteiger charge is -2.23. The molecule has 0 bridgehead atoms. The summed E-state index contributed by atoms with van der Waals surface area (Å²) in [5, 5.41) is 3.16. The Labute approximate surface area is 162 Å². The molecule has 2 atom stereocenters. The van der Waals surface area contributed by atoms with Gasteiger partial charge in [-0.2, -0.15) is 0 Å². The number of primary amides is 1. The minimum atomic E-state index is -0.822. The largest absolute Gasteiger partial charge is 0.462 e. The molecule has 0 aliphatic carbocycles. The van der Waals surface area contributed by atoms with E-state index in [0.717, 1.165) is 38.6 Å². The summed E-state index contributed by atoms with van der Waals surface area (Å²) in [5.41, 5.74) is 4.63. The average molecular weight is 385 g/mol. The molecule has 1 heterocycles. The van der Waals surface area contributed by atoms with Gasteiger partial charge in [0.05, 0.1) is 0 Å². The van der Waals surface area contributed by atoms with Crippen molar-refractivity contribution in [1.29, 1.82) is 0 Å². The zero-order valence-corrected chi connectivity index (χ0v) is 17.1.